The van der Waals surface area contributed by atoms with Crippen LogP contribution in [0.25, 0.3) is 0 Å². The molecule has 0 spiro atoms. The summed E-state index contributed by atoms with van der Waals surface area (Å²) in [6, 6.07) is 4.32. The molecule has 1 aromatic rings. The highest BCUT2D eigenvalue weighted by atomic mass is 127. The Morgan fingerprint density at radius 2 is 2.19 bits per heavy atom. The van der Waals surface area contributed by atoms with E-state index in [1.54, 1.807) is 0 Å². The zero-order valence-corrected chi connectivity index (χ0v) is 19.2. The molecule has 0 amide bonds. The molecule has 150 valence electrons. The Morgan fingerprint density at radius 3 is 2.88 bits per heavy atom. The Morgan fingerprint density at radius 1 is 1.38 bits per heavy atom. The van der Waals surface area contributed by atoms with Gasteiger partial charge in [0, 0.05) is 44.3 Å². The third-order valence-corrected chi connectivity index (χ3v) is 5.07. The Bertz CT molecular complexity index is 479. The first kappa shape index (κ1) is 23.7. The van der Waals surface area contributed by atoms with Gasteiger partial charge in [-0.15, -0.1) is 35.3 Å². The lowest BCUT2D eigenvalue weighted by Crippen LogP contribution is -2.38. The number of aliphatic imine (C=N–C) groups is 1. The van der Waals surface area contributed by atoms with Crippen molar-refractivity contribution in [3.05, 3.63) is 22.4 Å². The fourth-order valence-corrected chi connectivity index (χ4v) is 3.67. The van der Waals surface area contributed by atoms with Crippen molar-refractivity contribution >= 4 is 41.3 Å². The van der Waals surface area contributed by atoms with Gasteiger partial charge in [0.15, 0.2) is 5.96 Å². The molecular weight excluding hydrogens is 461 g/mol. The van der Waals surface area contributed by atoms with E-state index in [2.05, 4.69) is 42.0 Å². The van der Waals surface area contributed by atoms with Crippen molar-refractivity contribution in [1.82, 2.24) is 10.6 Å². The van der Waals surface area contributed by atoms with E-state index in [1.165, 1.54) is 4.88 Å². The zero-order chi connectivity index (χ0) is 17.7. The van der Waals surface area contributed by atoms with Gasteiger partial charge in [-0.2, -0.15) is 0 Å². The molecule has 5 nitrogen and oxygen atoms in total. The smallest absolute Gasteiger partial charge is 0.191 e. The number of thiophene rings is 1. The summed E-state index contributed by atoms with van der Waals surface area (Å²) in [4.78, 5) is 6.16. The first-order chi connectivity index (χ1) is 12.3. The second-order valence-electron chi connectivity index (χ2n) is 6.57. The van der Waals surface area contributed by atoms with Crippen LogP contribution in [0.4, 0.5) is 0 Å². The largest absolute Gasteiger partial charge is 0.381 e. The average molecular weight is 495 g/mol. The van der Waals surface area contributed by atoms with E-state index in [1.807, 2.05) is 11.3 Å². The first-order valence-electron chi connectivity index (χ1n) is 9.51. The van der Waals surface area contributed by atoms with Crippen LogP contribution in [-0.4, -0.2) is 51.5 Å². The molecule has 0 bridgehead atoms. The maximum atomic E-state index is 5.90. The number of nitrogens with zero attached hydrogens (tertiary/aromatic N) is 1. The van der Waals surface area contributed by atoms with Crippen molar-refractivity contribution in [3.63, 3.8) is 0 Å². The molecule has 1 unspecified atom stereocenters. The molecule has 2 heterocycles. The number of hydrogen-bond acceptors (Lipinski definition) is 4. The molecule has 0 aromatic carbocycles. The average Bonchev–Trinajstić information content (AvgIpc) is 3.13. The van der Waals surface area contributed by atoms with Gasteiger partial charge in [0.1, 0.15) is 0 Å². The van der Waals surface area contributed by atoms with E-state index >= 15 is 0 Å². The molecule has 1 aliphatic heterocycles. The summed E-state index contributed by atoms with van der Waals surface area (Å²) in [7, 11) is 0. The molecule has 1 aliphatic rings. The summed E-state index contributed by atoms with van der Waals surface area (Å²) in [6.45, 7) is 9.43. The lowest BCUT2D eigenvalue weighted by Gasteiger charge is -2.22. The minimum absolute atomic E-state index is 0. The normalized spacial score (nSPS) is 16.8. The number of nitrogens with one attached hydrogen (secondary N) is 2. The Hall–Kier alpha value is -0.380. The third-order valence-electron chi connectivity index (χ3n) is 4.17. The quantitative estimate of drug-likeness (QED) is 0.225. The number of hydrogen-bond donors (Lipinski definition) is 2. The highest BCUT2D eigenvalue weighted by Gasteiger charge is 2.13. The van der Waals surface area contributed by atoms with Gasteiger partial charge < -0.3 is 20.1 Å². The van der Waals surface area contributed by atoms with Crippen LogP contribution in [0.3, 0.4) is 0 Å². The second kappa shape index (κ2) is 14.6. The summed E-state index contributed by atoms with van der Waals surface area (Å²) in [5, 5.41) is 8.87. The zero-order valence-electron chi connectivity index (χ0n) is 16.0. The third kappa shape index (κ3) is 10.1. The summed E-state index contributed by atoms with van der Waals surface area (Å²) in [6.07, 6.45) is 4.53. The lowest BCUT2D eigenvalue weighted by molar-refractivity contribution is -0.0320. The maximum Gasteiger partial charge on any atom is 0.191 e. The van der Waals surface area contributed by atoms with Crippen LogP contribution in [0.2, 0.25) is 0 Å². The fraction of sp³-hybridized carbons (Fsp3) is 0.737. The molecule has 0 saturated carbocycles. The monoisotopic (exact) mass is 495 g/mol. The molecule has 2 N–H and O–H groups in total. The predicted molar refractivity (Wildman–Crippen MR) is 121 cm³/mol. The summed E-state index contributed by atoms with van der Waals surface area (Å²) in [5.41, 5.74) is 0. The Labute approximate surface area is 179 Å². The number of ether oxygens (including phenoxy) is 2. The van der Waals surface area contributed by atoms with Crippen LogP contribution >= 0.6 is 35.3 Å². The van der Waals surface area contributed by atoms with E-state index < -0.39 is 0 Å². The molecule has 0 radical (unpaired) electrons. The minimum Gasteiger partial charge on any atom is -0.381 e. The van der Waals surface area contributed by atoms with Crippen LogP contribution in [-0.2, 0) is 15.9 Å². The van der Waals surface area contributed by atoms with Crippen molar-refractivity contribution in [2.75, 3.05) is 39.5 Å². The Balaban J connectivity index is 0.00000338. The van der Waals surface area contributed by atoms with Gasteiger partial charge in [0.2, 0.25) is 0 Å². The molecule has 1 saturated heterocycles. The summed E-state index contributed by atoms with van der Waals surface area (Å²) < 4.78 is 11.3. The summed E-state index contributed by atoms with van der Waals surface area (Å²) >= 11 is 1.83. The first-order valence-corrected chi connectivity index (χ1v) is 10.4. The van der Waals surface area contributed by atoms with Crippen molar-refractivity contribution < 1.29 is 9.47 Å². The van der Waals surface area contributed by atoms with Gasteiger partial charge in [-0.1, -0.05) is 13.0 Å². The standard InChI is InChI=1S/C19H33N3O2S.HI/c1-3-20-19(22-15-16(2)14-18-6-4-13-25-18)21-9-5-10-24-17-7-11-23-12-8-17;/h4,6,13,16-17H,3,5,7-12,14-15H2,1-2H3,(H2,20,21,22);1H. The van der Waals surface area contributed by atoms with Crippen LogP contribution in [0.5, 0.6) is 0 Å². The molecule has 1 aromatic heterocycles. The fourth-order valence-electron chi connectivity index (χ4n) is 2.80. The Kier molecular flexibility index (Phi) is 13.3. The molecule has 1 fully saturated rings. The topological polar surface area (TPSA) is 54.9 Å². The number of guanidine groups is 1. The van der Waals surface area contributed by atoms with Gasteiger partial charge in [-0.05, 0) is 50.0 Å². The van der Waals surface area contributed by atoms with Crippen molar-refractivity contribution in [1.29, 1.82) is 0 Å². The lowest BCUT2D eigenvalue weighted by atomic mass is 10.1. The molecule has 2 rings (SSSR count). The molecule has 26 heavy (non-hydrogen) atoms. The van der Waals surface area contributed by atoms with Crippen molar-refractivity contribution in [3.8, 4) is 0 Å². The van der Waals surface area contributed by atoms with Crippen molar-refractivity contribution in [2.45, 2.75) is 45.6 Å². The van der Waals surface area contributed by atoms with E-state index in [9.17, 15) is 0 Å². The van der Waals surface area contributed by atoms with Crippen LogP contribution in [0.1, 0.15) is 38.0 Å². The van der Waals surface area contributed by atoms with E-state index in [4.69, 9.17) is 14.5 Å². The summed E-state index contributed by atoms with van der Waals surface area (Å²) in [5.74, 6) is 1.46. The van der Waals surface area contributed by atoms with E-state index in [-0.39, 0.29) is 24.0 Å². The molecule has 7 heteroatoms. The van der Waals surface area contributed by atoms with Gasteiger partial charge in [-0.3, -0.25) is 4.99 Å². The van der Waals surface area contributed by atoms with Crippen LogP contribution < -0.4 is 10.6 Å². The van der Waals surface area contributed by atoms with E-state index in [0.29, 0.717) is 12.0 Å². The highest BCUT2D eigenvalue weighted by molar-refractivity contribution is 14.0. The van der Waals surface area contributed by atoms with Crippen molar-refractivity contribution in [2.24, 2.45) is 10.9 Å². The van der Waals surface area contributed by atoms with Crippen LogP contribution in [0.15, 0.2) is 22.5 Å². The molecule has 1 atom stereocenters. The van der Waals surface area contributed by atoms with Gasteiger partial charge >= 0.3 is 0 Å². The minimum atomic E-state index is 0. The second-order valence-corrected chi connectivity index (χ2v) is 7.60. The highest BCUT2D eigenvalue weighted by Crippen LogP contribution is 2.14. The number of rotatable bonds is 10. The molecular formula is C19H34IN3O2S. The van der Waals surface area contributed by atoms with Crippen LogP contribution in [0, 0.1) is 5.92 Å². The number of halogens is 1. The predicted octanol–water partition coefficient (Wildman–Crippen LogP) is 3.69. The maximum absolute atomic E-state index is 5.90. The molecule has 0 aliphatic carbocycles. The van der Waals surface area contributed by atoms with Gasteiger partial charge in [0.05, 0.1) is 6.10 Å². The SMILES string of the molecule is CCNC(=NCC(C)Cc1cccs1)NCCCOC1CCOCC1.I. The van der Waals surface area contributed by atoms with E-state index in [0.717, 1.165) is 71.1 Å². The van der Waals surface area contributed by atoms with Gasteiger partial charge in [0.25, 0.3) is 0 Å². The van der Waals surface area contributed by atoms with Gasteiger partial charge in [-0.25, -0.2) is 0 Å².